The Morgan fingerprint density at radius 3 is 2.47 bits per heavy atom. The summed E-state index contributed by atoms with van der Waals surface area (Å²) in [6, 6.07) is 5.90. The molecule has 1 aliphatic rings. The van der Waals surface area contributed by atoms with Gasteiger partial charge in [-0.05, 0) is 12.1 Å². The van der Waals surface area contributed by atoms with E-state index in [9.17, 15) is 0 Å². The lowest BCUT2D eigenvalue weighted by molar-refractivity contribution is -0.00461. The molecule has 0 bridgehead atoms. The molecule has 17 heavy (non-hydrogen) atoms. The van der Waals surface area contributed by atoms with Gasteiger partial charge < -0.3 is 20.1 Å². The third-order valence-electron chi connectivity index (χ3n) is 3.15. The lowest BCUT2D eigenvalue weighted by atomic mass is 10.3. The summed E-state index contributed by atoms with van der Waals surface area (Å²) in [4.78, 5) is 6.67. The van der Waals surface area contributed by atoms with E-state index in [4.69, 9.17) is 15.2 Å². The molecule has 1 aromatic heterocycles. The van der Waals surface area contributed by atoms with Gasteiger partial charge in [0.1, 0.15) is 18.0 Å². The van der Waals surface area contributed by atoms with Gasteiger partial charge in [0.25, 0.3) is 0 Å². The van der Waals surface area contributed by atoms with Crippen molar-refractivity contribution >= 4 is 5.82 Å². The first-order valence-electron chi connectivity index (χ1n) is 5.75. The highest BCUT2D eigenvalue weighted by Crippen LogP contribution is 2.21. The van der Waals surface area contributed by atoms with Crippen molar-refractivity contribution in [2.24, 2.45) is 5.73 Å². The fourth-order valence-electron chi connectivity index (χ4n) is 2.14. The van der Waals surface area contributed by atoms with Crippen molar-refractivity contribution in [2.45, 2.75) is 18.8 Å². The number of nitrogens with two attached hydrogens (primary N) is 1. The summed E-state index contributed by atoms with van der Waals surface area (Å²) in [5, 5.41) is 0. The summed E-state index contributed by atoms with van der Waals surface area (Å²) >= 11 is 0. The van der Waals surface area contributed by atoms with Crippen molar-refractivity contribution in [1.29, 1.82) is 0 Å². The molecule has 2 N–H and O–H groups in total. The van der Waals surface area contributed by atoms with Crippen LogP contribution < -0.4 is 10.6 Å². The summed E-state index contributed by atoms with van der Waals surface area (Å²) in [6.45, 7) is 2.06. The van der Waals surface area contributed by atoms with Crippen LogP contribution in [0.25, 0.3) is 0 Å². The Labute approximate surface area is 102 Å². The van der Waals surface area contributed by atoms with Crippen LogP contribution in [0, 0.1) is 0 Å². The second-order valence-corrected chi connectivity index (χ2v) is 4.14. The third kappa shape index (κ3) is 2.57. The van der Waals surface area contributed by atoms with Crippen molar-refractivity contribution in [3.63, 3.8) is 0 Å². The number of anilines is 1. The largest absolute Gasteiger partial charge is 0.377 e. The molecule has 1 aliphatic heterocycles. The highest BCUT2D eigenvalue weighted by atomic mass is 16.5. The number of aromatic nitrogens is 1. The van der Waals surface area contributed by atoms with E-state index in [2.05, 4.69) is 9.88 Å². The summed E-state index contributed by atoms with van der Waals surface area (Å²) in [5.41, 5.74) is 6.49. The molecule has 0 saturated carbocycles. The predicted octanol–water partition coefficient (Wildman–Crippen LogP) is 0.390. The number of nitrogens with zero attached hydrogens (tertiary/aromatic N) is 2. The minimum Gasteiger partial charge on any atom is -0.377 e. The van der Waals surface area contributed by atoms with Gasteiger partial charge in [-0.1, -0.05) is 6.07 Å². The van der Waals surface area contributed by atoms with Crippen molar-refractivity contribution < 1.29 is 9.47 Å². The first-order valence-corrected chi connectivity index (χ1v) is 5.75. The molecule has 0 amide bonds. The predicted molar refractivity (Wildman–Crippen MR) is 65.9 cm³/mol. The summed E-state index contributed by atoms with van der Waals surface area (Å²) < 4.78 is 10.8. The average Bonchev–Trinajstić information content (AvgIpc) is 2.82. The molecule has 1 fully saturated rings. The second-order valence-electron chi connectivity index (χ2n) is 4.14. The van der Waals surface area contributed by atoms with Crippen LogP contribution in [-0.2, 0) is 16.0 Å². The summed E-state index contributed by atoms with van der Waals surface area (Å²) in [6.07, 6.45) is 0.201. The molecule has 2 atom stereocenters. The number of rotatable bonds is 4. The molecular weight excluding hydrogens is 218 g/mol. The SMILES string of the molecule is COC1CN(c2cccc(CN)n2)CC1OC. The Morgan fingerprint density at radius 2 is 1.94 bits per heavy atom. The fourth-order valence-corrected chi connectivity index (χ4v) is 2.14. The molecule has 0 radical (unpaired) electrons. The third-order valence-corrected chi connectivity index (χ3v) is 3.15. The molecule has 5 nitrogen and oxygen atoms in total. The van der Waals surface area contributed by atoms with Gasteiger partial charge in [0.05, 0.1) is 5.69 Å². The van der Waals surface area contributed by atoms with Gasteiger partial charge in [-0.3, -0.25) is 0 Å². The van der Waals surface area contributed by atoms with Gasteiger partial charge in [0.2, 0.25) is 0 Å². The Balaban J connectivity index is 2.13. The Hall–Kier alpha value is -1.17. The lowest BCUT2D eigenvalue weighted by Crippen LogP contribution is -2.27. The minimum atomic E-state index is 0.100. The minimum absolute atomic E-state index is 0.100. The standard InChI is InChI=1S/C12H19N3O2/c1-16-10-7-15(8-11(10)17-2)12-5-3-4-9(6-13)14-12/h3-5,10-11H,6-8,13H2,1-2H3. The molecule has 0 aromatic carbocycles. The Kier molecular flexibility index (Phi) is 3.93. The summed E-state index contributed by atoms with van der Waals surface area (Å²) in [7, 11) is 3.42. The monoisotopic (exact) mass is 237 g/mol. The average molecular weight is 237 g/mol. The molecule has 0 spiro atoms. The normalized spacial score (nSPS) is 24.3. The van der Waals surface area contributed by atoms with Gasteiger partial charge in [-0.2, -0.15) is 0 Å². The molecule has 94 valence electrons. The number of pyridine rings is 1. The van der Waals surface area contributed by atoms with Crippen molar-refractivity contribution in [3.8, 4) is 0 Å². The van der Waals surface area contributed by atoms with E-state index < -0.39 is 0 Å². The molecule has 1 aromatic rings. The summed E-state index contributed by atoms with van der Waals surface area (Å²) in [5.74, 6) is 0.939. The number of ether oxygens (including phenoxy) is 2. The van der Waals surface area contributed by atoms with Gasteiger partial charge in [-0.25, -0.2) is 4.98 Å². The van der Waals surface area contributed by atoms with Crippen LogP contribution in [0.5, 0.6) is 0 Å². The lowest BCUT2D eigenvalue weighted by Gasteiger charge is -2.17. The maximum atomic E-state index is 5.59. The number of hydrogen-bond donors (Lipinski definition) is 1. The van der Waals surface area contributed by atoms with E-state index in [-0.39, 0.29) is 12.2 Å². The van der Waals surface area contributed by atoms with E-state index >= 15 is 0 Å². The molecule has 2 rings (SSSR count). The first-order chi connectivity index (χ1) is 8.28. The second kappa shape index (κ2) is 5.44. The van der Waals surface area contributed by atoms with Gasteiger partial charge in [-0.15, -0.1) is 0 Å². The molecule has 1 saturated heterocycles. The van der Waals surface area contributed by atoms with Crippen molar-refractivity contribution in [2.75, 3.05) is 32.2 Å². The quantitative estimate of drug-likeness (QED) is 0.821. The van der Waals surface area contributed by atoms with Crippen LogP contribution in [-0.4, -0.2) is 44.5 Å². The van der Waals surface area contributed by atoms with Crippen LogP contribution in [0.15, 0.2) is 18.2 Å². The van der Waals surface area contributed by atoms with E-state index in [0.29, 0.717) is 6.54 Å². The molecule has 0 aliphatic carbocycles. The van der Waals surface area contributed by atoms with Crippen LogP contribution in [0.1, 0.15) is 5.69 Å². The van der Waals surface area contributed by atoms with Gasteiger partial charge in [0, 0.05) is 33.9 Å². The van der Waals surface area contributed by atoms with Crippen LogP contribution in [0.2, 0.25) is 0 Å². The number of hydrogen-bond acceptors (Lipinski definition) is 5. The topological polar surface area (TPSA) is 60.6 Å². The van der Waals surface area contributed by atoms with Crippen LogP contribution in [0.4, 0.5) is 5.82 Å². The zero-order chi connectivity index (χ0) is 12.3. The zero-order valence-corrected chi connectivity index (χ0v) is 10.3. The maximum absolute atomic E-state index is 5.59. The van der Waals surface area contributed by atoms with Crippen LogP contribution in [0.3, 0.4) is 0 Å². The maximum Gasteiger partial charge on any atom is 0.129 e. The molecular formula is C12H19N3O2. The van der Waals surface area contributed by atoms with Gasteiger partial charge >= 0.3 is 0 Å². The van der Waals surface area contributed by atoms with Crippen molar-refractivity contribution in [1.82, 2.24) is 4.98 Å². The first kappa shape index (κ1) is 12.3. The van der Waals surface area contributed by atoms with Gasteiger partial charge in [0.15, 0.2) is 0 Å². The van der Waals surface area contributed by atoms with E-state index in [1.54, 1.807) is 14.2 Å². The Bertz CT molecular complexity index is 361. The molecule has 2 heterocycles. The van der Waals surface area contributed by atoms with E-state index in [0.717, 1.165) is 24.6 Å². The smallest absolute Gasteiger partial charge is 0.129 e. The highest BCUT2D eigenvalue weighted by molar-refractivity contribution is 5.41. The van der Waals surface area contributed by atoms with E-state index in [1.807, 2.05) is 18.2 Å². The van der Waals surface area contributed by atoms with E-state index in [1.165, 1.54) is 0 Å². The Morgan fingerprint density at radius 1 is 1.29 bits per heavy atom. The highest BCUT2D eigenvalue weighted by Gasteiger charge is 2.33. The molecule has 5 heteroatoms. The van der Waals surface area contributed by atoms with Crippen LogP contribution >= 0.6 is 0 Å². The zero-order valence-electron chi connectivity index (χ0n) is 10.3. The number of methoxy groups -OCH3 is 2. The van der Waals surface area contributed by atoms with Crippen molar-refractivity contribution in [3.05, 3.63) is 23.9 Å². The fraction of sp³-hybridized carbons (Fsp3) is 0.583. The molecule has 2 unspecified atom stereocenters.